The zero-order valence-electron chi connectivity index (χ0n) is 8.72. The lowest BCUT2D eigenvalue weighted by molar-refractivity contribution is -0.117. The number of hydrogen-bond donors (Lipinski definition) is 1. The predicted molar refractivity (Wildman–Crippen MR) is 64.8 cm³/mol. The monoisotopic (exact) mass is 232 g/mol. The first kappa shape index (κ1) is 10.9. The Bertz CT molecular complexity index is 457. The maximum atomic E-state index is 11.7. The number of phenolic OH excluding ortho intramolecular Hbond substituents is 1. The van der Waals surface area contributed by atoms with E-state index in [1.807, 2.05) is 17.5 Å². The highest BCUT2D eigenvalue weighted by molar-refractivity contribution is 7.10. The number of phenols is 1. The first-order valence-corrected chi connectivity index (χ1v) is 5.94. The van der Waals surface area contributed by atoms with Crippen LogP contribution < -0.4 is 0 Å². The molecular weight excluding hydrogens is 220 g/mol. The molecule has 0 unspecified atom stereocenters. The quantitative estimate of drug-likeness (QED) is 0.880. The van der Waals surface area contributed by atoms with Crippen molar-refractivity contribution in [1.29, 1.82) is 0 Å². The molecule has 1 heterocycles. The Morgan fingerprint density at radius 3 is 2.50 bits per heavy atom. The number of ketones is 1. The van der Waals surface area contributed by atoms with E-state index in [1.54, 1.807) is 35.6 Å². The summed E-state index contributed by atoms with van der Waals surface area (Å²) < 4.78 is 0. The molecule has 16 heavy (non-hydrogen) atoms. The summed E-state index contributed by atoms with van der Waals surface area (Å²) in [5, 5.41) is 11.1. The molecule has 1 aromatic heterocycles. The fourth-order valence-electron chi connectivity index (χ4n) is 1.51. The van der Waals surface area contributed by atoms with Crippen molar-refractivity contribution in [3.8, 4) is 5.75 Å². The Labute approximate surface area is 98.2 Å². The fraction of sp³-hybridized carbons (Fsp3) is 0.154. The van der Waals surface area contributed by atoms with Crippen LogP contribution >= 0.6 is 11.3 Å². The van der Waals surface area contributed by atoms with Crippen LogP contribution in [0, 0.1) is 0 Å². The van der Waals surface area contributed by atoms with Crippen molar-refractivity contribution >= 4 is 17.1 Å². The maximum Gasteiger partial charge on any atom is 0.142 e. The van der Waals surface area contributed by atoms with Crippen LogP contribution in [0.15, 0.2) is 41.8 Å². The lowest BCUT2D eigenvalue weighted by atomic mass is 10.1. The smallest absolute Gasteiger partial charge is 0.142 e. The van der Waals surface area contributed by atoms with E-state index in [0.29, 0.717) is 12.8 Å². The molecule has 0 radical (unpaired) electrons. The molecular formula is C13H12O2S. The van der Waals surface area contributed by atoms with Gasteiger partial charge in [0.1, 0.15) is 11.5 Å². The molecule has 1 aromatic carbocycles. The molecule has 1 N–H and O–H groups in total. The van der Waals surface area contributed by atoms with Gasteiger partial charge < -0.3 is 5.11 Å². The van der Waals surface area contributed by atoms with Crippen LogP contribution in [0.3, 0.4) is 0 Å². The number of benzene rings is 1. The van der Waals surface area contributed by atoms with E-state index >= 15 is 0 Å². The molecule has 0 bridgehead atoms. The second-order valence-corrected chi connectivity index (χ2v) is 4.67. The van der Waals surface area contributed by atoms with Gasteiger partial charge in [-0.25, -0.2) is 0 Å². The van der Waals surface area contributed by atoms with Gasteiger partial charge in [-0.05, 0) is 29.1 Å². The first-order valence-electron chi connectivity index (χ1n) is 5.06. The van der Waals surface area contributed by atoms with Crippen molar-refractivity contribution in [2.24, 2.45) is 0 Å². The molecule has 0 saturated carbocycles. The minimum atomic E-state index is 0.202. The number of carbonyl (C=O) groups excluding carboxylic acids is 1. The molecule has 0 saturated heterocycles. The third-order valence-corrected chi connectivity index (χ3v) is 3.17. The summed E-state index contributed by atoms with van der Waals surface area (Å²) in [6.45, 7) is 0. The SMILES string of the molecule is O=C(Cc1ccc(O)cc1)Cc1cccs1. The van der Waals surface area contributed by atoms with Crippen molar-refractivity contribution in [2.45, 2.75) is 12.8 Å². The average Bonchev–Trinajstić information content (AvgIpc) is 2.74. The third-order valence-electron chi connectivity index (χ3n) is 2.29. The molecule has 2 nitrogen and oxygen atoms in total. The van der Waals surface area contributed by atoms with Crippen LogP contribution in [0.2, 0.25) is 0 Å². The van der Waals surface area contributed by atoms with Crippen LogP contribution in [0.1, 0.15) is 10.4 Å². The number of rotatable bonds is 4. The number of carbonyl (C=O) groups is 1. The molecule has 0 fully saturated rings. The molecule has 0 spiro atoms. The van der Waals surface area contributed by atoms with Gasteiger partial charge in [0.05, 0.1) is 0 Å². The Balaban J connectivity index is 1.95. The molecule has 2 rings (SSSR count). The summed E-state index contributed by atoms with van der Waals surface area (Å²) in [6, 6.07) is 10.7. The van der Waals surface area contributed by atoms with Gasteiger partial charge in [-0.15, -0.1) is 11.3 Å². The molecule has 82 valence electrons. The molecule has 0 aliphatic heterocycles. The molecule has 0 aliphatic carbocycles. The molecule has 0 atom stereocenters. The molecule has 3 heteroatoms. The minimum absolute atomic E-state index is 0.202. The minimum Gasteiger partial charge on any atom is -0.508 e. The highest BCUT2D eigenvalue weighted by Gasteiger charge is 2.05. The van der Waals surface area contributed by atoms with E-state index < -0.39 is 0 Å². The Morgan fingerprint density at radius 1 is 1.12 bits per heavy atom. The van der Waals surface area contributed by atoms with Gasteiger partial charge >= 0.3 is 0 Å². The van der Waals surface area contributed by atoms with Crippen molar-refractivity contribution in [2.75, 3.05) is 0 Å². The number of thiophene rings is 1. The fourth-order valence-corrected chi connectivity index (χ4v) is 2.24. The normalized spacial score (nSPS) is 10.2. The van der Waals surface area contributed by atoms with Crippen molar-refractivity contribution < 1.29 is 9.90 Å². The van der Waals surface area contributed by atoms with Crippen LogP contribution in [0.4, 0.5) is 0 Å². The topological polar surface area (TPSA) is 37.3 Å². The first-order chi connectivity index (χ1) is 7.74. The number of aromatic hydroxyl groups is 1. The van der Waals surface area contributed by atoms with E-state index in [0.717, 1.165) is 10.4 Å². The average molecular weight is 232 g/mol. The largest absolute Gasteiger partial charge is 0.508 e. The van der Waals surface area contributed by atoms with Crippen LogP contribution in [0.25, 0.3) is 0 Å². The number of Topliss-reactive ketones (excluding diaryl/α,β-unsaturated/α-hetero) is 1. The van der Waals surface area contributed by atoms with E-state index in [4.69, 9.17) is 5.11 Å². The third kappa shape index (κ3) is 2.94. The van der Waals surface area contributed by atoms with Gasteiger partial charge in [-0.1, -0.05) is 18.2 Å². The lowest BCUT2D eigenvalue weighted by Gasteiger charge is -2.00. The van der Waals surface area contributed by atoms with Crippen LogP contribution in [0.5, 0.6) is 5.75 Å². The molecule has 2 aromatic rings. The van der Waals surface area contributed by atoms with Gasteiger partial charge in [0, 0.05) is 17.7 Å². The summed E-state index contributed by atoms with van der Waals surface area (Å²) in [7, 11) is 0. The van der Waals surface area contributed by atoms with Crippen molar-refractivity contribution in [3.63, 3.8) is 0 Å². The number of hydrogen-bond acceptors (Lipinski definition) is 3. The van der Waals surface area contributed by atoms with E-state index in [2.05, 4.69) is 0 Å². The van der Waals surface area contributed by atoms with E-state index in [1.165, 1.54) is 0 Å². The zero-order valence-corrected chi connectivity index (χ0v) is 9.54. The van der Waals surface area contributed by atoms with E-state index in [9.17, 15) is 4.79 Å². The summed E-state index contributed by atoms with van der Waals surface area (Å²) in [4.78, 5) is 12.8. The van der Waals surface area contributed by atoms with Crippen LogP contribution in [-0.2, 0) is 17.6 Å². The van der Waals surface area contributed by atoms with Gasteiger partial charge in [0.2, 0.25) is 0 Å². The highest BCUT2D eigenvalue weighted by Crippen LogP contribution is 2.13. The lowest BCUT2D eigenvalue weighted by Crippen LogP contribution is -2.05. The van der Waals surface area contributed by atoms with Crippen LogP contribution in [-0.4, -0.2) is 10.9 Å². The molecule has 0 amide bonds. The Morgan fingerprint density at radius 2 is 1.88 bits per heavy atom. The summed E-state index contributed by atoms with van der Waals surface area (Å²) in [5.41, 5.74) is 0.944. The standard InChI is InChI=1S/C13H12O2S/c14-11-5-3-10(4-6-11)8-12(15)9-13-2-1-7-16-13/h1-7,14H,8-9H2. The second-order valence-electron chi connectivity index (χ2n) is 3.64. The summed E-state index contributed by atoms with van der Waals surface area (Å²) in [6.07, 6.45) is 0.927. The van der Waals surface area contributed by atoms with Crippen molar-refractivity contribution in [3.05, 3.63) is 52.2 Å². The van der Waals surface area contributed by atoms with Gasteiger partial charge in [-0.2, -0.15) is 0 Å². The van der Waals surface area contributed by atoms with Gasteiger partial charge in [0.25, 0.3) is 0 Å². The van der Waals surface area contributed by atoms with Crippen molar-refractivity contribution in [1.82, 2.24) is 0 Å². The Kier molecular flexibility index (Phi) is 3.37. The van der Waals surface area contributed by atoms with Gasteiger partial charge in [-0.3, -0.25) is 4.79 Å². The summed E-state index contributed by atoms with van der Waals surface area (Å²) >= 11 is 1.60. The highest BCUT2D eigenvalue weighted by atomic mass is 32.1. The zero-order chi connectivity index (χ0) is 11.4. The van der Waals surface area contributed by atoms with E-state index in [-0.39, 0.29) is 11.5 Å². The maximum absolute atomic E-state index is 11.7. The predicted octanol–water partition coefficient (Wildman–Crippen LogP) is 2.81. The van der Waals surface area contributed by atoms with Gasteiger partial charge in [0.15, 0.2) is 0 Å². The molecule has 0 aliphatic rings. The second kappa shape index (κ2) is 4.94. The summed E-state index contributed by atoms with van der Waals surface area (Å²) in [5.74, 6) is 0.433. The Hall–Kier alpha value is -1.61.